The number of benzene rings is 1. The summed E-state index contributed by atoms with van der Waals surface area (Å²) in [5.41, 5.74) is -0.607. The van der Waals surface area contributed by atoms with E-state index in [0.29, 0.717) is 18.5 Å². The fourth-order valence-corrected chi connectivity index (χ4v) is 2.63. The first-order valence-corrected chi connectivity index (χ1v) is 6.70. The lowest BCUT2D eigenvalue weighted by Crippen LogP contribution is -2.62. The van der Waals surface area contributed by atoms with Crippen molar-refractivity contribution >= 4 is 22.6 Å². The number of hydrogen-bond donors (Lipinski definition) is 2. The summed E-state index contributed by atoms with van der Waals surface area (Å²) in [6.07, 6.45) is 0. The Morgan fingerprint density at radius 2 is 2.14 bits per heavy atom. The van der Waals surface area contributed by atoms with Gasteiger partial charge in [0, 0.05) is 18.5 Å². The van der Waals surface area contributed by atoms with E-state index in [1.165, 1.54) is 0 Å². The van der Waals surface area contributed by atoms with Crippen molar-refractivity contribution in [1.29, 1.82) is 0 Å². The molecule has 2 N–H and O–H groups in total. The summed E-state index contributed by atoms with van der Waals surface area (Å²) in [7, 11) is 0. The standard InChI is InChI=1S/C15H16N2O4/c1-15(21-7-13(18)19)8-17(9-15)12-6-10-4-2-3-5-11(10)14(20)16-12/h2-6H,7-9H2,1H3,(H,16,20)(H,18,19). The second kappa shape index (κ2) is 4.89. The van der Waals surface area contributed by atoms with Gasteiger partial charge in [0.25, 0.3) is 5.56 Å². The van der Waals surface area contributed by atoms with Crippen LogP contribution < -0.4 is 10.5 Å². The molecule has 1 fully saturated rings. The molecule has 0 unspecified atom stereocenters. The third kappa shape index (κ3) is 2.62. The number of carboxylic acids is 1. The van der Waals surface area contributed by atoms with E-state index in [1.54, 1.807) is 6.07 Å². The van der Waals surface area contributed by atoms with Crippen LogP contribution >= 0.6 is 0 Å². The van der Waals surface area contributed by atoms with Crippen LogP contribution in [0.15, 0.2) is 35.1 Å². The predicted octanol–water partition coefficient (Wildman–Crippen LogP) is 1.21. The second-order valence-electron chi connectivity index (χ2n) is 5.56. The highest BCUT2D eigenvalue weighted by molar-refractivity contribution is 5.84. The van der Waals surface area contributed by atoms with E-state index in [9.17, 15) is 9.59 Å². The average molecular weight is 288 g/mol. The van der Waals surface area contributed by atoms with Gasteiger partial charge in [-0.15, -0.1) is 0 Å². The Hall–Kier alpha value is -2.34. The number of aliphatic carboxylic acids is 1. The van der Waals surface area contributed by atoms with E-state index in [-0.39, 0.29) is 12.2 Å². The Morgan fingerprint density at radius 1 is 1.43 bits per heavy atom. The van der Waals surface area contributed by atoms with Crippen LogP contribution in [-0.4, -0.2) is 41.4 Å². The van der Waals surface area contributed by atoms with Crippen LogP contribution in [0.2, 0.25) is 0 Å². The molecule has 0 saturated carbocycles. The van der Waals surface area contributed by atoms with Crippen molar-refractivity contribution in [2.24, 2.45) is 0 Å². The van der Waals surface area contributed by atoms with Gasteiger partial charge in [0.05, 0.1) is 0 Å². The number of pyridine rings is 1. The second-order valence-corrected chi connectivity index (χ2v) is 5.56. The van der Waals surface area contributed by atoms with E-state index in [0.717, 1.165) is 11.2 Å². The molecular formula is C15H16N2O4. The normalized spacial score (nSPS) is 16.7. The molecule has 6 nitrogen and oxygen atoms in total. The Labute approximate surface area is 121 Å². The van der Waals surface area contributed by atoms with Crippen LogP contribution in [0.1, 0.15) is 6.92 Å². The van der Waals surface area contributed by atoms with E-state index in [2.05, 4.69) is 4.98 Å². The summed E-state index contributed by atoms with van der Waals surface area (Å²) >= 11 is 0. The van der Waals surface area contributed by atoms with Crippen LogP contribution in [0.25, 0.3) is 10.8 Å². The number of anilines is 1. The van der Waals surface area contributed by atoms with Crippen molar-refractivity contribution in [2.45, 2.75) is 12.5 Å². The summed E-state index contributed by atoms with van der Waals surface area (Å²) in [4.78, 5) is 27.4. The Bertz CT molecular complexity index is 747. The van der Waals surface area contributed by atoms with Gasteiger partial charge in [0.2, 0.25) is 0 Å². The molecular weight excluding hydrogens is 272 g/mol. The molecule has 0 radical (unpaired) electrons. The van der Waals surface area contributed by atoms with Gasteiger partial charge in [0.15, 0.2) is 0 Å². The quantitative estimate of drug-likeness (QED) is 0.883. The number of aromatic nitrogens is 1. The van der Waals surface area contributed by atoms with Gasteiger partial charge in [-0.1, -0.05) is 18.2 Å². The summed E-state index contributed by atoms with van der Waals surface area (Å²) in [6.45, 7) is 2.66. The minimum Gasteiger partial charge on any atom is -0.480 e. The Balaban J connectivity index is 1.78. The smallest absolute Gasteiger partial charge is 0.329 e. The molecule has 6 heteroatoms. The number of nitrogens with one attached hydrogen (secondary N) is 1. The molecule has 21 heavy (non-hydrogen) atoms. The molecule has 1 saturated heterocycles. The average Bonchev–Trinajstić information content (AvgIpc) is 2.42. The number of carbonyl (C=O) groups is 1. The van der Waals surface area contributed by atoms with Crippen molar-refractivity contribution < 1.29 is 14.6 Å². The van der Waals surface area contributed by atoms with Crippen LogP contribution in [0.5, 0.6) is 0 Å². The molecule has 0 atom stereocenters. The van der Waals surface area contributed by atoms with E-state index in [4.69, 9.17) is 9.84 Å². The van der Waals surface area contributed by atoms with Gasteiger partial charge in [-0.2, -0.15) is 0 Å². The van der Waals surface area contributed by atoms with Gasteiger partial charge in [-0.3, -0.25) is 4.79 Å². The lowest BCUT2D eigenvalue weighted by molar-refractivity contribution is -0.150. The van der Waals surface area contributed by atoms with E-state index >= 15 is 0 Å². The van der Waals surface area contributed by atoms with E-state index < -0.39 is 11.6 Å². The summed E-state index contributed by atoms with van der Waals surface area (Å²) in [5.74, 6) is -0.246. The first kappa shape index (κ1) is 13.6. The van der Waals surface area contributed by atoms with Crippen LogP contribution in [0.4, 0.5) is 5.82 Å². The van der Waals surface area contributed by atoms with Crippen LogP contribution in [-0.2, 0) is 9.53 Å². The SMILES string of the molecule is CC1(OCC(=O)O)CN(c2cc3ccccc3c(=O)[nH]2)C1. The number of hydrogen-bond acceptors (Lipinski definition) is 4. The highest BCUT2D eigenvalue weighted by Crippen LogP contribution is 2.29. The number of H-pyrrole nitrogens is 1. The lowest BCUT2D eigenvalue weighted by atomic mass is 9.96. The molecule has 1 aliphatic heterocycles. The van der Waals surface area contributed by atoms with Gasteiger partial charge in [-0.25, -0.2) is 4.79 Å². The molecule has 3 rings (SSSR count). The number of fused-ring (bicyclic) bond motifs is 1. The number of aromatic amines is 1. The minimum atomic E-state index is -0.978. The maximum atomic E-state index is 12.0. The van der Waals surface area contributed by atoms with Gasteiger partial charge >= 0.3 is 5.97 Å². The zero-order chi connectivity index (χ0) is 15.0. The molecule has 0 amide bonds. The van der Waals surface area contributed by atoms with Gasteiger partial charge in [0.1, 0.15) is 18.0 Å². The molecule has 0 aliphatic carbocycles. The molecule has 1 aromatic carbocycles. The number of rotatable bonds is 4. The van der Waals surface area contributed by atoms with Crippen molar-refractivity contribution in [2.75, 3.05) is 24.6 Å². The number of nitrogens with zero attached hydrogens (tertiary/aromatic N) is 1. The van der Waals surface area contributed by atoms with E-state index in [1.807, 2.05) is 36.1 Å². The topological polar surface area (TPSA) is 82.6 Å². The third-order valence-corrected chi connectivity index (χ3v) is 3.67. The number of ether oxygens (including phenoxy) is 1. The minimum absolute atomic E-state index is 0.122. The first-order chi connectivity index (χ1) is 9.97. The van der Waals surface area contributed by atoms with Crippen molar-refractivity contribution in [3.8, 4) is 0 Å². The van der Waals surface area contributed by atoms with Crippen molar-refractivity contribution in [3.63, 3.8) is 0 Å². The molecule has 2 heterocycles. The monoisotopic (exact) mass is 288 g/mol. The fraction of sp³-hybridized carbons (Fsp3) is 0.333. The van der Waals surface area contributed by atoms with Crippen LogP contribution in [0.3, 0.4) is 0 Å². The zero-order valence-electron chi connectivity index (χ0n) is 11.6. The highest BCUT2D eigenvalue weighted by Gasteiger charge is 2.40. The maximum absolute atomic E-state index is 12.0. The fourth-order valence-electron chi connectivity index (χ4n) is 2.63. The Morgan fingerprint density at radius 3 is 2.86 bits per heavy atom. The third-order valence-electron chi connectivity index (χ3n) is 3.67. The molecule has 1 aromatic heterocycles. The van der Waals surface area contributed by atoms with Gasteiger partial charge in [-0.05, 0) is 24.4 Å². The lowest BCUT2D eigenvalue weighted by Gasteiger charge is -2.48. The molecule has 0 bridgehead atoms. The number of carboxylic acid groups (broad SMARTS) is 1. The molecule has 1 aliphatic rings. The molecule has 0 spiro atoms. The van der Waals surface area contributed by atoms with Gasteiger partial charge < -0.3 is 19.7 Å². The zero-order valence-corrected chi connectivity index (χ0v) is 11.6. The molecule has 2 aromatic rings. The van der Waals surface area contributed by atoms with Crippen molar-refractivity contribution in [1.82, 2.24) is 4.98 Å². The van der Waals surface area contributed by atoms with Crippen molar-refractivity contribution in [3.05, 3.63) is 40.7 Å². The maximum Gasteiger partial charge on any atom is 0.329 e. The van der Waals surface area contributed by atoms with Crippen LogP contribution in [0, 0.1) is 0 Å². The summed E-state index contributed by atoms with van der Waals surface area (Å²) in [5, 5.41) is 10.2. The largest absolute Gasteiger partial charge is 0.480 e. The molecule has 110 valence electrons. The summed E-state index contributed by atoms with van der Waals surface area (Å²) < 4.78 is 5.36. The Kier molecular flexibility index (Phi) is 3.17. The highest BCUT2D eigenvalue weighted by atomic mass is 16.5. The first-order valence-electron chi connectivity index (χ1n) is 6.70. The predicted molar refractivity (Wildman–Crippen MR) is 78.8 cm³/mol. The summed E-state index contributed by atoms with van der Waals surface area (Å²) in [6, 6.07) is 9.33.